The van der Waals surface area contributed by atoms with Gasteiger partial charge in [-0.1, -0.05) is 0 Å². The van der Waals surface area contributed by atoms with Gasteiger partial charge in [0.25, 0.3) is 0 Å². The molecule has 0 saturated carbocycles. The molecule has 0 aliphatic rings. The third kappa shape index (κ3) is 1.78. The van der Waals surface area contributed by atoms with Gasteiger partial charge in [-0.05, 0) is 13.0 Å². The molecule has 1 unspecified atom stereocenters. The van der Waals surface area contributed by atoms with Crippen molar-refractivity contribution < 1.29 is 0 Å². The molecule has 1 aromatic heterocycles. The predicted octanol–water partition coefficient (Wildman–Crippen LogP) is 1.05. The molecule has 0 saturated heterocycles. The SMILES string of the molecule is CC(N)c1cc(C(=N)N)cs1. The number of hydrogen-bond donors (Lipinski definition) is 3. The first-order valence-electron chi connectivity index (χ1n) is 3.29. The van der Waals surface area contributed by atoms with Crippen molar-refractivity contribution in [2.45, 2.75) is 13.0 Å². The van der Waals surface area contributed by atoms with Crippen molar-refractivity contribution in [3.05, 3.63) is 21.9 Å². The van der Waals surface area contributed by atoms with E-state index in [1.54, 1.807) is 11.3 Å². The van der Waals surface area contributed by atoms with Crippen LogP contribution in [0.25, 0.3) is 0 Å². The van der Waals surface area contributed by atoms with E-state index in [1.165, 1.54) is 0 Å². The summed E-state index contributed by atoms with van der Waals surface area (Å²) in [4.78, 5) is 1.07. The standard InChI is InChI=1S/C7H11N3S/c1-4(8)6-2-5(3-11-6)7(9)10/h2-4H,8H2,1H3,(H3,9,10). The summed E-state index contributed by atoms with van der Waals surface area (Å²) in [6.07, 6.45) is 0. The number of rotatable bonds is 2. The van der Waals surface area contributed by atoms with Crippen LogP contribution in [0.15, 0.2) is 11.4 Å². The lowest BCUT2D eigenvalue weighted by molar-refractivity contribution is 0.838. The van der Waals surface area contributed by atoms with E-state index >= 15 is 0 Å². The van der Waals surface area contributed by atoms with E-state index in [0.29, 0.717) is 0 Å². The normalized spacial score (nSPS) is 12.9. The maximum absolute atomic E-state index is 7.13. The molecule has 1 rings (SSSR count). The highest BCUT2D eigenvalue weighted by Gasteiger charge is 2.04. The number of hydrogen-bond acceptors (Lipinski definition) is 3. The van der Waals surface area contributed by atoms with Crippen LogP contribution in [0, 0.1) is 5.41 Å². The summed E-state index contributed by atoms with van der Waals surface area (Å²) >= 11 is 1.54. The van der Waals surface area contributed by atoms with E-state index in [-0.39, 0.29) is 11.9 Å². The lowest BCUT2D eigenvalue weighted by Gasteiger charge is -1.97. The first-order valence-corrected chi connectivity index (χ1v) is 4.17. The van der Waals surface area contributed by atoms with Crippen LogP contribution in [-0.4, -0.2) is 5.84 Å². The second kappa shape index (κ2) is 3.02. The van der Waals surface area contributed by atoms with Crippen molar-refractivity contribution in [2.24, 2.45) is 11.5 Å². The fourth-order valence-corrected chi connectivity index (χ4v) is 1.60. The topological polar surface area (TPSA) is 75.9 Å². The highest BCUT2D eigenvalue weighted by Crippen LogP contribution is 2.19. The van der Waals surface area contributed by atoms with Crippen LogP contribution < -0.4 is 11.5 Å². The Balaban J connectivity index is 2.90. The third-order valence-corrected chi connectivity index (χ3v) is 2.51. The van der Waals surface area contributed by atoms with Gasteiger partial charge >= 0.3 is 0 Å². The molecule has 3 nitrogen and oxygen atoms in total. The summed E-state index contributed by atoms with van der Waals surface area (Å²) in [5.74, 6) is 0.105. The zero-order chi connectivity index (χ0) is 8.43. The fourth-order valence-electron chi connectivity index (χ4n) is 0.733. The van der Waals surface area contributed by atoms with Crippen LogP contribution in [0.3, 0.4) is 0 Å². The number of nitrogens with two attached hydrogens (primary N) is 2. The predicted molar refractivity (Wildman–Crippen MR) is 47.9 cm³/mol. The minimum Gasteiger partial charge on any atom is -0.384 e. The molecule has 60 valence electrons. The second-order valence-electron chi connectivity index (χ2n) is 2.44. The third-order valence-electron chi connectivity index (χ3n) is 1.38. The van der Waals surface area contributed by atoms with Crippen molar-refractivity contribution in [1.82, 2.24) is 0 Å². The minimum atomic E-state index is 0.0353. The number of thiophene rings is 1. The Kier molecular flexibility index (Phi) is 2.26. The molecule has 1 heterocycles. The molecule has 0 radical (unpaired) electrons. The van der Waals surface area contributed by atoms with Crippen molar-refractivity contribution in [2.75, 3.05) is 0 Å². The lowest BCUT2D eigenvalue weighted by Crippen LogP contribution is -2.09. The summed E-state index contributed by atoms with van der Waals surface area (Å²) in [6, 6.07) is 1.89. The molecule has 1 atom stereocenters. The van der Waals surface area contributed by atoms with Crippen LogP contribution in [0.2, 0.25) is 0 Å². The summed E-state index contributed by atoms with van der Waals surface area (Å²) in [7, 11) is 0. The molecule has 0 bridgehead atoms. The molecule has 4 heteroatoms. The Morgan fingerprint density at radius 1 is 1.73 bits per heavy atom. The average molecular weight is 169 g/mol. The summed E-state index contributed by atoms with van der Waals surface area (Å²) < 4.78 is 0. The molecule has 11 heavy (non-hydrogen) atoms. The molecule has 5 N–H and O–H groups in total. The Bertz CT molecular complexity index is 264. The van der Waals surface area contributed by atoms with Crippen LogP contribution in [-0.2, 0) is 0 Å². The molecule has 0 amide bonds. The van der Waals surface area contributed by atoms with Gasteiger partial charge in [0, 0.05) is 21.9 Å². The zero-order valence-corrected chi connectivity index (χ0v) is 7.11. The van der Waals surface area contributed by atoms with Crippen molar-refractivity contribution >= 4 is 17.2 Å². The number of amidine groups is 1. The lowest BCUT2D eigenvalue weighted by atomic mass is 10.2. The quantitative estimate of drug-likeness (QED) is 0.457. The monoisotopic (exact) mass is 169 g/mol. The second-order valence-corrected chi connectivity index (χ2v) is 3.38. The van der Waals surface area contributed by atoms with Crippen LogP contribution in [0.1, 0.15) is 23.4 Å². The van der Waals surface area contributed by atoms with Crippen LogP contribution >= 0.6 is 11.3 Å². The van der Waals surface area contributed by atoms with Crippen LogP contribution in [0.5, 0.6) is 0 Å². The Labute approximate surface area is 69.5 Å². The van der Waals surface area contributed by atoms with Gasteiger partial charge in [-0.25, -0.2) is 0 Å². The minimum absolute atomic E-state index is 0.0353. The molecule has 0 spiro atoms. The van der Waals surface area contributed by atoms with Crippen LogP contribution in [0.4, 0.5) is 0 Å². The molecule has 0 aromatic carbocycles. The van der Waals surface area contributed by atoms with E-state index < -0.39 is 0 Å². The highest BCUT2D eigenvalue weighted by molar-refractivity contribution is 7.10. The smallest absolute Gasteiger partial charge is 0.123 e. The first kappa shape index (κ1) is 8.23. The number of nitrogen functional groups attached to an aromatic ring is 1. The van der Waals surface area contributed by atoms with Gasteiger partial charge < -0.3 is 11.5 Å². The number of nitrogens with one attached hydrogen (secondary N) is 1. The zero-order valence-electron chi connectivity index (χ0n) is 6.29. The van der Waals surface area contributed by atoms with Gasteiger partial charge in [-0.3, -0.25) is 5.41 Å². The van der Waals surface area contributed by atoms with E-state index in [9.17, 15) is 0 Å². The fraction of sp³-hybridized carbons (Fsp3) is 0.286. The maximum atomic E-state index is 7.13. The first-order chi connectivity index (χ1) is 5.11. The molecule has 1 aromatic rings. The van der Waals surface area contributed by atoms with E-state index in [0.717, 1.165) is 10.4 Å². The van der Waals surface area contributed by atoms with Gasteiger partial charge in [0.05, 0.1) is 0 Å². The van der Waals surface area contributed by atoms with Gasteiger partial charge in [0.2, 0.25) is 0 Å². The molecule has 0 aliphatic heterocycles. The largest absolute Gasteiger partial charge is 0.384 e. The van der Waals surface area contributed by atoms with Gasteiger partial charge in [-0.2, -0.15) is 0 Å². The summed E-state index contributed by atoms with van der Waals surface area (Å²) in [5.41, 5.74) is 11.7. The highest BCUT2D eigenvalue weighted by atomic mass is 32.1. The van der Waals surface area contributed by atoms with E-state index in [2.05, 4.69) is 0 Å². The summed E-state index contributed by atoms with van der Waals surface area (Å²) in [5, 5.41) is 8.98. The van der Waals surface area contributed by atoms with Gasteiger partial charge in [0.15, 0.2) is 0 Å². The molecular weight excluding hydrogens is 158 g/mol. The van der Waals surface area contributed by atoms with E-state index in [4.69, 9.17) is 16.9 Å². The van der Waals surface area contributed by atoms with Gasteiger partial charge in [0.1, 0.15) is 5.84 Å². The molecule has 0 aliphatic carbocycles. The van der Waals surface area contributed by atoms with Crippen molar-refractivity contribution in [3.8, 4) is 0 Å². The van der Waals surface area contributed by atoms with Gasteiger partial charge in [-0.15, -0.1) is 11.3 Å². The van der Waals surface area contributed by atoms with Crippen molar-refractivity contribution in [1.29, 1.82) is 5.41 Å². The van der Waals surface area contributed by atoms with E-state index in [1.807, 2.05) is 18.4 Å². The maximum Gasteiger partial charge on any atom is 0.123 e. The summed E-state index contributed by atoms with van der Waals surface area (Å²) in [6.45, 7) is 1.91. The molecule has 0 fully saturated rings. The Hall–Kier alpha value is -0.870. The van der Waals surface area contributed by atoms with Crippen molar-refractivity contribution in [3.63, 3.8) is 0 Å². The Morgan fingerprint density at radius 2 is 2.36 bits per heavy atom. The average Bonchev–Trinajstić information content (AvgIpc) is 2.33. The molecular formula is C7H11N3S. The Morgan fingerprint density at radius 3 is 2.64 bits per heavy atom.